The maximum Gasteiger partial charge on any atom is 0.251 e. The number of unbranched alkanes of at least 4 members (excludes halogenated alkanes) is 1. The Kier molecular flexibility index (Phi) is 8.49. The van der Waals surface area contributed by atoms with Gasteiger partial charge in [-0.1, -0.05) is 38.1 Å². The van der Waals surface area contributed by atoms with E-state index in [1.54, 1.807) is 24.5 Å². The lowest BCUT2D eigenvalue weighted by atomic mass is 10.0. The second kappa shape index (κ2) is 12.2. The molecule has 4 aromatic rings. The van der Waals surface area contributed by atoms with Crippen molar-refractivity contribution in [3.63, 3.8) is 0 Å². The molecule has 182 valence electrons. The molecule has 0 unspecified atom stereocenters. The number of imidazole rings is 1. The standard InChI is InChI=1S/C29H34N4O2/c1-22(2)23-11-13-25(14-12-23)35-21-6-5-20-33-27-9-4-3-8-26(27)32-28(33)10-7-17-31-29(34)24-15-18-30-19-16-24/h3-4,8-9,11-16,18-19,22H,5-7,10,17,20-21H2,1-2H3,(H,31,34). The highest BCUT2D eigenvalue weighted by Crippen LogP contribution is 2.20. The number of benzene rings is 2. The van der Waals surface area contributed by atoms with Crippen LogP contribution < -0.4 is 10.1 Å². The minimum atomic E-state index is -0.0697. The van der Waals surface area contributed by atoms with E-state index in [-0.39, 0.29) is 5.91 Å². The Hall–Kier alpha value is -3.67. The van der Waals surface area contributed by atoms with Crippen molar-refractivity contribution in [3.05, 3.63) is 90.0 Å². The largest absolute Gasteiger partial charge is 0.494 e. The fourth-order valence-corrected chi connectivity index (χ4v) is 4.13. The number of rotatable bonds is 12. The number of para-hydroxylation sites is 2. The number of nitrogens with zero attached hydrogens (tertiary/aromatic N) is 3. The predicted molar refractivity (Wildman–Crippen MR) is 140 cm³/mol. The van der Waals surface area contributed by atoms with E-state index in [4.69, 9.17) is 9.72 Å². The Morgan fingerprint density at radius 3 is 2.51 bits per heavy atom. The Bertz CT molecular complexity index is 1220. The van der Waals surface area contributed by atoms with Gasteiger partial charge in [-0.2, -0.15) is 0 Å². The van der Waals surface area contributed by atoms with Crippen molar-refractivity contribution in [2.24, 2.45) is 0 Å². The highest BCUT2D eigenvalue weighted by atomic mass is 16.5. The molecule has 0 atom stereocenters. The first-order valence-electron chi connectivity index (χ1n) is 12.5. The highest BCUT2D eigenvalue weighted by molar-refractivity contribution is 5.93. The molecule has 0 aliphatic carbocycles. The second-order valence-corrected chi connectivity index (χ2v) is 9.04. The van der Waals surface area contributed by atoms with Crippen LogP contribution in [0.3, 0.4) is 0 Å². The molecule has 35 heavy (non-hydrogen) atoms. The van der Waals surface area contributed by atoms with Gasteiger partial charge in [0.25, 0.3) is 5.91 Å². The second-order valence-electron chi connectivity index (χ2n) is 9.04. The number of nitrogens with one attached hydrogen (secondary N) is 1. The molecule has 0 bridgehead atoms. The summed E-state index contributed by atoms with van der Waals surface area (Å²) in [5, 5.41) is 2.99. The van der Waals surface area contributed by atoms with Gasteiger partial charge in [0, 0.05) is 37.5 Å². The molecule has 6 nitrogen and oxygen atoms in total. The van der Waals surface area contributed by atoms with Gasteiger partial charge in [0.1, 0.15) is 11.6 Å². The molecule has 0 spiro atoms. The van der Waals surface area contributed by atoms with Gasteiger partial charge in [0.05, 0.1) is 17.6 Å². The summed E-state index contributed by atoms with van der Waals surface area (Å²) in [6.07, 6.45) is 6.88. The number of amides is 1. The number of aromatic nitrogens is 3. The van der Waals surface area contributed by atoms with Crippen LogP contribution in [-0.4, -0.2) is 33.6 Å². The van der Waals surface area contributed by atoms with E-state index in [2.05, 4.69) is 71.2 Å². The first-order valence-corrected chi connectivity index (χ1v) is 12.5. The maximum absolute atomic E-state index is 12.2. The first-order chi connectivity index (χ1) is 17.1. The number of carbonyl (C=O) groups excluding carboxylic acids is 1. The van der Waals surface area contributed by atoms with Crippen molar-refractivity contribution in [1.29, 1.82) is 0 Å². The lowest BCUT2D eigenvalue weighted by Gasteiger charge is -2.11. The quantitative estimate of drug-likeness (QED) is 0.267. The normalized spacial score (nSPS) is 11.2. The average Bonchev–Trinajstić information content (AvgIpc) is 3.24. The Labute approximate surface area is 207 Å². The van der Waals surface area contributed by atoms with Gasteiger partial charge < -0.3 is 14.6 Å². The van der Waals surface area contributed by atoms with Crippen LogP contribution in [0.5, 0.6) is 5.75 Å². The molecule has 0 saturated carbocycles. The Morgan fingerprint density at radius 2 is 1.74 bits per heavy atom. The molecule has 0 fully saturated rings. The molecule has 4 rings (SSSR count). The molecule has 1 N–H and O–H groups in total. The Balaban J connectivity index is 1.27. The van der Waals surface area contributed by atoms with E-state index in [0.29, 0.717) is 24.6 Å². The fraction of sp³-hybridized carbons (Fsp3) is 0.345. The van der Waals surface area contributed by atoms with Gasteiger partial charge in [-0.25, -0.2) is 4.98 Å². The van der Waals surface area contributed by atoms with Crippen molar-refractivity contribution in [2.75, 3.05) is 13.2 Å². The van der Waals surface area contributed by atoms with Crippen molar-refractivity contribution in [2.45, 2.75) is 52.0 Å². The number of hydrogen-bond acceptors (Lipinski definition) is 4. The third kappa shape index (κ3) is 6.69. The third-order valence-electron chi connectivity index (χ3n) is 6.13. The molecular weight excluding hydrogens is 436 g/mol. The van der Waals surface area contributed by atoms with Crippen molar-refractivity contribution >= 4 is 16.9 Å². The van der Waals surface area contributed by atoms with Crippen molar-refractivity contribution in [1.82, 2.24) is 19.9 Å². The molecule has 6 heteroatoms. The van der Waals surface area contributed by atoms with E-state index < -0.39 is 0 Å². The van der Waals surface area contributed by atoms with E-state index in [1.165, 1.54) is 5.56 Å². The monoisotopic (exact) mass is 470 g/mol. The topological polar surface area (TPSA) is 69.0 Å². The van der Waals surface area contributed by atoms with E-state index >= 15 is 0 Å². The number of pyridine rings is 1. The summed E-state index contributed by atoms with van der Waals surface area (Å²) >= 11 is 0. The zero-order valence-electron chi connectivity index (χ0n) is 20.6. The van der Waals surface area contributed by atoms with Crippen LogP contribution in [0.1, 0.15) is 60.8 Å². The zero-order chi connectivity index (χ0) is 24.5. The molecule has 1 amide bonds. The van der Waals surface area contributed by atoms with Crippen LogP contribution in [0.4, 0.5) is 0 Å². The fourth-order valence-electron chi connectivity index (χ4n) is 4.13. The van der Waals surface area contributed by atoms with Crippen LogP contribution in [0.2, 0.25) is 0 Å². The molecule has 0 radical (unpaired) electrons. The summed E-state index contributed by atoms with van der Waals surface area (Å²) in [5.41, 5.74) is 4.14. The van der Waals surface area contributed by atoms with E-state index in [9.17, 15) is 4.79 Å². The lowest BCUT2D eigenvalue weighted by Crippen LogP contribution is -2.25. The molecule has 0 aliphatic rings. The minimum absolute atomic E-state index is 0.0697. The summed E-state index contributed by atoms with van der Waals surface area (Å²) in [6, 6.07) is 20.1. The SMILES string of the molecule is CC(C)c1ccc(OCCCCn2c(CCCNC(=O)c3ccncc3)nc3ccccc32)cc1. The molecule has 0 aliphatic heterocycles. The molecule has 2 aromatic carbocycles. The van der Waals surface area contributed by atoms with Crippen molar-refractivity contribution in [3.8, 4) is 5.75 Å². The zero-order valence-corrected chi connectivity index (χ0v) is 20.6. The van der Waals surface area contributed by atoms with Gasteiger partial charge in [-0.15, -0.1) is 0 Å². The summed E-state index contributed by atoms with van der Waals surface area (Å²) < 4.78 is 8.26. The van der Waals surface area contributed by atoms with E-state index in [0.717, 1.165) is 54.8 Å². The predicted octanol–water partition coefficient (Wildman–Crippen LogP) is 5.78. The summed E-state index contributed by atoms with van der Waals surface area (Å²) in [6.45, 7) is 6.60. The highest BCUT2D eigenvalue weighted by Gasteiger charge is 2.11. The maximum atomic E-state index is 12.2. The lowest BCUT2D eigenvalue weighted by molar-refractivity contribution is 0.0953. The molecule has 2 aromatic heterocycles. The van der Waals surface area contributed by atoms with Crippen molar-refractivity contribution < 1.29 is 9.53 Å². The minimum Gasteiger partial charge on any atom is -0.494 e. The molecule has 0 saturated heterocycles. The van der Waals surface area contributed by atoms with Crippen LogP contribution in [0.15, 0.2) is 73.1 Å². The van der Waals surface area contributed by atoms with Crippen LogP contribution in [-0.2, 0) is 13.0 Å². The number of hydrogen-bond donors (Lipinski definition) is 1. The number of aryl methyl sites for hydroxylation is 2. The van der Waals surface area contributed by atoms with Gasteiger partial charge in [-0.3, -0.25) is 9.78 Å². The van der Waals surface area contributed by atoms with Gasteiger partial charge in [0.15, 0.2) is 0 Å². The Morgan fingerprint density at radius 1 is 0.971 bits per heavy atom. The first kappa shape index (κ1) is 24.5. The number of fused-ring (bicyclic) bond motifs is 1. The summed E-state index contributed by atoms with van der Waals surface area (Å²) in [5.74, 6) is 2.45. The number of carbonyl (C=O) groups is 1. The van der Waals surface area contributed by atoms with Crippen LogP contribution in [0, 0.1) is 0 Å². The van der Waals surface area contributed by atoms with Crippen LogP contribution in [0.25, 0.3) is 11.0 Å². The smallest absolute Gasteiger partial charge is 0.251 e. The van der Waals surface area contributed by atoms with Crippen LogP contribution >= 0.6 is 0 Å². The summed E-state index contributed by atoms with van der Waals surface area (Å²) in [7, 11) is 0. The van der Waals surface area contributed by atoms with Gasteiger partial charge in [-0.05, 0) is 67.1 Å². The average molecular weight is 471 g/mol. The third-order valence-corrected chi connectivity index (χ3v) is 6.13. The van der Waals surface area contributed by atoms with Gasteiger partial charge >= 0.3 is 0 Å². The number of ether oxygens (including phenoxy) is 1. The van der Waals surface area contributed by atoms with E-state index in [1.807, 2.05) is 6.07 Å². The summed E-state index contributed by atoms with van der Waals surface area (Å²) in [4.78, 5) is 21.1. The molecular formula is C29H34N4O2. The van der Waals surface area contributed by atoms with Gasteiger partial charge in [0.2, 0.25) is 0 Å². The molecule has 2 heterocycles.